The number of ether oxygens (including phenoxy) is 1. The van der Waals surface area contributed by atoms with E-state index in [2.05, 4.69) is 35.6 Å². The molecule has 1 aromatic heterocycles. The van der Waals surface area contributed by atoms with Crippen molar-refractivity contribution < 1.29 is 9.53 Å². The number of esters is 1. The highest BCUT2D eigenvalue weighted by atomic mass is 32.1. The van der Waals surface area contributed by atoms with Crippen LogP contribution in [-0.2, 0) is 16.0 Å². The first-order valence-electron chi connectivity index (χ1n) is 5.72. The Morgan fingerprint density at radius 1 is 1.65 bits per heavy atom. The minimum atomic E-state index is -0.317. The number of carbonyl (C=O) groups excluding carboxylic acids is 1. The topological polar surface area (TPSA) is 38.3 Å². The van der Waals surface area contributed by atoms with E-state index >= 15 is 0 Å². The maximum atomic E-state index is 11.3. The summed E-state index contributed by atoms with van der Waals surface area (Å²) in [6, 6.07) is 2.43. The minimum Gasteiger partial charge on any atom is -0.463 e. The van der Waals surface area contributed by atoms with E-state index in [-0.39, 0.29) is 5.97 Å². The first-order chi connectivity index (χ1) is 8.13. The second kappa shape index (κ2) is 7.25. The molecular weight excluding hydrogens is 234 g/mol. The lowest BCUT2D eigenvalue weighted by Crippen LogP contribution is -2.31. The lowest BCUT2D eigenvalue weighted by molar-refractivity contribution is -0.138. The number of carbonyl (C=O) groups is 1. The molecule has 1 heterocycles. The van der Waals surface area contributed by atoms with Gasteiger partial charge in [0.15, 0.2) is 0 Å². The van der Waals surface area contributed by atoms with Crippen molar-refractivity contribution in [3.8, 4) is 0 Å². The molecule has 0 fully saturated rings. The lowest BCUT2D eigenvalue weighted by atomic mass is 10.1. The van der Waals surface area contributed by atoms with E-state index in [1.165, 1.54) is 5.56 Å². The van der Waals surface area contributed by atoms with Crippen molar-refractivity contribution in [3.05, 3.63) is 34.5 Å². The van der Waals surface area contributed by atoms with E-state index in [1.807, 2.05) is 0 Å². The Balaban J connectivity index is 2.26. The van der Waals surface area contributed by atoms with Gasteiger partial charge in [0.2, 0.25) is 0 Å². The summed E-state index contributed by atoms with van der Waals surface area (Å²) in [5.74, 6) is -0.317. The molecule has 1 aromatic rings. The molecule has 0 saturated carbocycles. The molecule has 0 aliphatic rings. The molecule has 0 amide bonds. The summed E-state index contributed by atoms with van der Waals surface area (Å²) >= 11 is 1.70. The Bertz CT molecular complexity index is 360. The second-order valence-corrected chi connectivity index (χ2v) is 4.72. The highest BCUT2D eigenvalue weighted by molar-refractivity contribution is 7.07. The predicted octanol–water partition coefficient (Wildman–Crippen LogP) is 2.39. The van der Waals surface area contributed by atoms with Gasteiger partial charge in [0.1, 0.15) is 0 Å². The average molecular weight is 253 g/mol. The fraction of sp³-hybridized carbons (Fsp3) is 0.462. The molecule has 1 rings (SSSR count). The van der Waals surface area contributed by atoms with E-state index in [0.717, 1.165) is 6.42 Å². The first kappa shape index (κ1) is 13.9. The monoisotopic (exact) mass is 253 g/mol. The largest absolute Gasteiger partial charge is 0.463 e. The Morgan fingerprint density at radius 3 is 3.00 bits per heavy atom. The van der Waals surface area contributed by atoms with Gasteiger partial charge in [-0.05, 0) is 42.7 Å². The molecule has 0 aromatic carbocycles. The van der Waals surface area contributed by atoms with Gasteiger partial charge in [-0.3, -0.25) is 0 Å². The van der Waals surface area contributed by atoms with Gasteiger partial charge in [0.05, 0.1) is 6.61 Å². The van der Waals surface area contributed by atoms with Gasteiger partial charge in [-0.25, -0.2) is 4.79 Å². The molecule has 0 aliphatic heterocycles. The zero-order valence-electron chi connectivity index (χ0n) is 10.4. The summed E-state index contributed by atoms with van der Waals surface area (Å²) in [4.78, 5) is 11.3. The van der Waals surface area contributed by atoms with Crippen LogP contribution < -0.4 is 5.32 Å². The minimum absolute atomic E-state index is 0.316. The number of thiophene rings is 1. The van der Waals surface area contributed by atoms with Gasteiger partial charge in [0, 0.05) is 18.2 Å². The van der Waals surface area contributed by atoms with Crippen LogP contribution in [0.25, 0.3) is 0 Å². The smallest absolute Gasteiger partial charge is 0.334 e. The molecule has 0 bridgehead atoms. The summed E-state index contributed by atoms with van der Waals surface area (Å²) in [6.07, 6.45) is 0.958. The van der Waals surface area contributed by atoms with Crippen LogP contribution in [-0.4, -0.2) is 25.2 Å². The standard InChI is InChI=1S/C13H19NO2S/c1-4-16-13(15)10(2)8-14-11(3)7-12-5-6-17-9-12/h5-6,9,11,14H,2,4,7-8H2,1,3H3. The van der Waals surface area contributed by atoms with Crippen LogP contribution in [0.2, 0.25) is 0 Å². The van der Waals surface area contributed by atoms with Crippen molar-refractivity contribution in [1.82, 2.24) is 5.32 Å². The molecule has 0 spiro atoms. The summed E-state index contributed by atoms with van der Waals surface area (Å²) in [5.41, 5.74) is 1.79. The van der Waals surface area contributed by atoms with Gasteiger partial charge in [0.25, 0.3) is 0 Å². The van der Waals surface area contributed by atoms with Gasteiger partial charge in [-0.15, -0.1) is 0 Å². The van der Waals surface area contributed by atoms with E-state index < -0.39 is 0 Å². The maximum Gasteiger partial charge on any atom is 0.334 e. The summed E-state index contributed by atoms with van der Waals surface area (Å²) in [6.45, 7) is 8.46. The number of rotatable bonds is 7. The molecule has 0 radical (unpaired) electrons. The zero-order chi connectivity index (χ0) is 12.7. The third kappa shape index (κ3) is 5.15. The Labute approximate surface area is 106 Å². The average Bonchev–Trinajstić information content (AvgIpc) is 2.79. The molecule has 1 unspecified atom stereocenters. The Morgan fingerprint density at radius 2 is 2.41 bits per heavy atom. The molecule has 3 nitrogen and oxygen atoms in total. The van der Waals surface area contributed by atoms with E-state index in [0.29, 0.717) is 24.8 Å². The fourth-order valence-electron chi connectivity index (χ4n) is 1.44. The van der Waals surface area contributed by atoms with Crippen molar-refractivity contribution in [2.45, 2.75) is 26.3 Å². The quantitative estimate of drug-likeness (QED) is 0.599. The van der Waals surface area contributed by atoms with Crippen molar-refractivity contribution in [2.24, 2.45) is 0 Å². The summed E-state index contributed by atoms with van der Waals surface area (Å²) < 4.78 is 4.87. The van der Waals surface area contributed by atoms with Crippen LogP contribution in [0, 0.1) is 0 Å². The van der Waals surface area contributed by atoms with E-state index in [4.69, 9.17) is 4.74 Å². The fourth-order valence-corrected chi connectivity index (χ4v) is 2.12. The van der Waals surface area contributed by atoms with E-state index in [1.54, 1.807) is 18.3 Å². The zero-order valence-corrected chi connectivity index (χ0v) is 11.2. The third-order valence-corrected chi connectivity index (χ3v) is 3.08. The van der Waals surface area contributed by atoms with Gasteiger partial charge >= 0.3 is 5.97 Å². The maximum absolute atomic E-state index is 11.3. The lowest BCUT2D eigenvalue weighted by Gasteiger charge is -2.13. The summed E-state index contributed by atoms with van der Waals surface area (Å²) in [5, 5.41) is 7.47. The highest BCUT2D eigenvalue weighted by Gasteiger charge is 2.09. The molecular formula is C13H19NO2S. The highest BCUT2D eigenvalue weighted by Crippen LogP contribution is 2.08. The van der Waals surface area contributed by atoms with Crippen molar-refractivity contribution >= 4 is 17.3 Å². The van der Waals surface area contributed by atoms with Crippen LogP contribution in [0.3, 0.4) is 0 Å². The van der Waals surface area contributed by atoms with Crippen LogP contribution in [0.4, 0.5) is 0 Å². The van der Waals surface area contributed by atoms with Crippen LogP contribution in [0.1, 0.15) is 19.4 Å². The molecule has 4 heteroatoms. The van der Waals surface area contributed by atoms with Crippen LogP contribution >= 0.6 is 11.3 Å². The van der Waals surface area contributed by atoms with Gasteiger partial charge in [-0.1, -0.05) is 6.58 Å². The molecule has 94 valence electrons. The number of nitrogens with one attached hydrogen (secondary N) is 1. The Hall–Kier alpha value is -1.13. The third-order valence-electron chi connectivity index (χ3n) is 2.35. The van der Waals surface area contributed by atoms with Crippen molar-refractivity contribution in [2.75, 3.05) is 13.2 Å². The first-order valence-corrected chi connectivity index (χ1v) is 6.67. The normalized spacial score (nSPS) is 12.1. The van der Waals surface area contributed by atoms with E-state index in [9.17, 15) is 4.79 Å². The van der Waals surface area contributed by atoms with Crippen molar-refractivity contribution in [1.29, 1.82) is 0 Å². The number of hydrogen-bond acceptors (Lipinski definition) is 4. The summed E-state index contributed by atoms with van der Waals surface area (Å²) in [7, 11) is 0. The molecule has 0 aliphatic carbocycles. The molecule has 1 N–H and O–H groups in total. The van der Waals surface area contributed by atoms with Gasteiger partial charge < -0.3 is 10.1 Å². The van der Waals surface area contributed by atoms with Gasteiger partial charge in [-0.2, -0.15) is 11.3 Å². The van der Waals surface area contributed by atoms with Crippen LogP contribution in [0.5, 0.6) is 0 Å². The molecule has 0 saturated heterocycles. The Kier molecular flexibility index (Phi) is 5.94. The second-order valence-electron chi connectivity index (χ2n) is 3.94. The van der Waals surface area contributed by atoms with Crippen molar-refractivity contribution in [3.63, 3.8) is 0 Å². The molecule has 17 heavy (non-hydrogen) atoms. The number of hydrogen-bond donors (Lipinski definition) is 1. The SMILES string of the molecule is C=C(CNC(C)Cc1ccsc1)C(=O)OCC. The molecule has 1 atom stereocenters. The van der Waals surface area contributed by atoms with Crippen LogP contribution in [0.15, 0.2) is 29.0 Å². The predicted molar refractivity (Wildman–Crippen MR) is 71.3 cm³/mol.